The van der Waals surface area contributed by atoms with Crippen molar-refractivity contribution >= 4 is 17.4 Å². The van der Waals surface area contributed by atoms with Gasteiger partial charge in [-0.3, -0.25) is 0 Å². The minimum atomic E-state index is -0.566. The zero-order valence-corrected chi connectivity index (χ0v) is 15.5. The summed E-state index contributed by atoms with van der Waals surface area (Å²) in [5.41, 5.74) is 10.9. The number of rotatable bonds is 4. The van der Waals surface area contributed by atoms with Gasteiger partial charge >= 0.3 is 6.03 Å². The molecule has 0 atom stereocenters. The lowest BCUT2D eigenvalue weighted by Crippen LogP contribution is -2.31. The van der Waals surface area contributed by atoms with Crippen molar-refractivity contribution in [1.29, 1.82) is 5.26 Å². The van der Waals surface area contributed by atoms with E-state index in [2.05, 4.69) is 35.0 Å². The summed E-state index contributed by atoms with van der Waals surface area (Å²) in [5, 5.41) is 11.6. The number of likely N-dealkylation sites (tertiary alicyclic amines) is 1. The van der Waals surface area contributed by atoms with Crippen molar-refractivity contribution in [3.63, 3.8) is 0 Å². The number of amides is 2. The van der Waals surface area contributed by atoms with Gasteiger partial charge in [0.05, 0.1) is 11.6 Å². The van der Waals surface area contributed by atoms with Gasteiger partial charge < -0.3 is 16.0 Å². The summed E-state index contributed by atoms with van der Waals surface area (Å²) in [6, 6.07) is 15.4. The first kappa shape index (κ1) is 18.5. The molecule has 1 heterocycles. The van der Waals surface area contributed by atoms with E-state index in [1.807, 2.05) is 37.3 Å². The first-order valence-electron chi connectivity index (χ1n) is 9.09. The maximum atomic E-state index is 11.2. The standard InChI is InChI=1S/C22H24N4O/c1-15-3-6-20(13-21(15)25-22(24)27)16(2)26-11-9-19(10-12-26)18-7-4-17(14-23)5-8-18/h3-8,13,19H,2,9-12H2,1H3,(H3,24,25,27). The van der Waals surface area contributed by atoms with Crippen LogP contribution in [0.2, 0.25) is 0 Å². The van der Waals surface area contributed by atoms with Crippen LogP contribution in [-0.2, 0) is 0 Å². The van der Waals surface area contributed by atoms with Gasteiger partial charge in [0, 0.05) is 24.5 Å². The highest BCUT2D eigenvalue weighted by Crippen LogP contribution is 2.32. The summed E-state index contributed by atoms with van der Waals surface area (Å²) in [7, 11) is 0. The number of nitriles is 1. The summed E-state index contributed by atoms with van der Waals surface area (Å²) < 4.78 is 0. The van der Waals surface area contributed by atoms with E-state index in [1.165, 1.54) is 5.56 Å². The summed E-state index contributed by atoms with van der Waals surface area (Å²) in [6.45, 7) is 8.05. The molecule has 0 spiro atoms. The molecule has 0 aromatic heterocycles. The molecule has 1 aliphatic heterocycles. The Kier molecular flexibility index (Phi) is 5.46. The smallest absolute Gasteiger partial charge is 0.316 e. The second-order valence-corrected chi connectivity index (χ2v) is 6.96. The topological polar surface area (TPSA) is 82.2 Å². The maximum Gasteiger partial charge on any atom is 0.316 e. The highest BCUT2D eigenvalue weighted by Gasteiger charge is 2.22. The molecule has 5 heteroatoms. The van der Waals surface area contributed by atoms with Gasteiger partial charge in [-0.25, -0.2) is 4.79 Å². The van der Waals surface area contributed by atoms with Crippen molar-refractivity contribution in [2.75, 3.05) is 18.4 Å². The quantitative estimate of drug-likeness (QED) is 0.857. The number of aryl methyl sites for hydroxylation is 1. The predicted molar refractivity (Wildman–Crippen MR) is 108 cm³/mol. The summed E-state index contributed by atoms with van der Waals surface area (Å²) >= 11 is 0. The Morgan fingerprint density at radius 3 is 2.48 bits per heavy atom. The van der Waals surface area contributed by atoms with Crippen molar-refractivity contribution in [2.45, 2.75) is 25.7 Å². The number of urea groups is 1. The van der Waals surface area contributed by atoms with E-state index in [9.17, 15) is 4.79 Å². The van der Waals surface area contributed by atoms with Crippen molar-refractivity contribution in [2.24, 2.45) is 5.73 Å². The van der Waals surface area contributed by atoms with Gasteiger partial charge in [0.2, 0.25) is 0 Å². The van der Waals surface area contributed by atoms with Crippen LogP contribution in [-0.4, -0.2) is 24.0 Å². The molecular formula is C22H24N4O. The highest BCUT2D eigenvalue weighted by molar-refractivity contribution is 5.89. The molecule has 0 radical (unpaired) electrons. The van der Waals surface area contributed by atoms with E-state index in [0.717, 1.165) is 42.8 Å². The second-order valence-electron chi connectivity index (χ2n) is 6.96. The lowest BCUT2D eigenvalue weighted by molar-refractivity contribution is 0.259. The number of piperidine rings is 1. The Bertz CT molecular complexity index is 888. The Hall–Kier alpha value is -3.26. The molecule has 0 saturated carbocycles. The second kappa shape index (κ2) is 7.96. The average molecular weight is 360 g/mol. The van der Waals surface area contributed by atoms with E-state index < -0.39 is 6.03 Å². The first-order valence-corrected chi connectivity index (χ1v) is 9.09. The monoisotopic (exact) mass is 360 g/mol. The van der Waals surface area contributed by atoms with E-state index >= 15 is 0 Å². The van der Waals surface area contributed by atoms with Crippen LogP contribution in [0.5, 0.6) is 0 Å². The van der Waals surface area contributed by atoms with Crippen LogP contribution in [0.25, 0.3) is 5.70 Å². The Morgan fingerprint density at radius 1 is 1.22 bits per heavy atom. The number of nitrogens with two attached hydrogens (primary N) is 1. The van der Waals surface area contributed by atoms with E-state index in [1.54, 1.807) is 0 Å². The fraction of sp³-hybridized carbons (Fsp3) is 0.273. The molecule has 1 saturated heterocycles. The van der Waals surface area contributed by atoms with Crippen LogP contribution in [0.1, 0.15) is 41.0 Å². The molecule has 2 aromatic rings. The molecule has 138 valence electrons. The van der Waals surface area contributed by atoms with Crippen LogP contribution in [0.4, 0.5) is 10.5 Å². The normalized spacial score (nSPS) is 14.4. The molecule has 1 fully saturated rings. The van der Waals surface area contributed by atoms with Crippen LogP contribution in [0.3, 0.4) is 0 Å². The Morgan fingerprint density at radius 2 is 1.89 bits per heavy atom. The van der Waals surface area contributed by atoms with Crippen LogP contribution in [0.15, 0.2) is 49.0 Å². The van der Waals surface area contributed by atoms with Crippen LogP contribution < -0.4 is 11.1 Å². The summed E-state index contributed by atoms with van der Waals surface area (Å²) in [6.07, 6.45) is 2.09. The number of primary amides is 1. The van der Waals surface area contributed by atoms with Crippen LogP contribution in [0, 0.1) is 18.3 Å². The molecule has 2 aromatic carbocycles. The molecule has 3 N–H and O–H groups in total. The molecule has 0 bridgehead atoms. The fourth-order valence-electron chi connectivity index (χ4n) is 3.56. The molecule has 3 rings (SSSR count). The molecule has 5 nitrogen and oxygen atoms in total. The minimum Gasteiger partial charge on any atom is -0.371 e. The van der Waals surface area contributed by atoms with Crippen molar-refractivity contribution in [3.8, 4) is 6.07 Å². The highest BCUT2D eigenvalue weighted by atomic mass is 16.2. The lowest BCUT2D eigenvalue weighted by atomic mass is 9.88. The number of nitrogens with zero attached hydrogens (tertiary/aromatic N) is 2. The molecule has 0 aliphatic carbocycles. The van der Waals surface area contributed by atoms with Gasteiger partial charge in [-0.2, -0.15) is 5.26 Å². The number of hydrogen-bond acceptors (Lipinski definition) is 3. The number of carbonyl (C=O) groups excluding carboxylic acids is 1. The predicted octanol–water partition coefficient (Wildman–Crippen LogP) is 4.21. The van der Waals surface area contributed by atoms with Crippen LogP contribution >= 0.6 is 0 Å². The molecule has 2 amide bonds. The zero-order valence-electron chi connectivity index (χ0n) is 15.5. The molecule has 0 unspecified atom stereocenters. The molecule has 1 aliphatic rings. The summed E-state index contributed by atoms with van der Waals surface area (Å²) in [5.74, 6) is 0.506. The summed E-state index contributed by atoms with van der Waals surface area (Å²) in [4.78, 5) is 13.5. The maximum absolute atomic E-state index is 11.2. The van der Waals surface area contributed by atoms with Crippen molar-refractivity contribution in [1.82, 2.24) is 4.90 Å². The van der Waals surface area contributed by atoms with Gasteiger partial charge in [-0.05, 0) is 60.6 Å². The van der Waals surface area contributed by atoms with Gasteiger partial charge in [-0.15, -0.1) is 0 Å². The largest absolute Gasteiger partial charge is 0.371 e. The third kappa shape index (κ3) is 4.29. The molecular weight excluding hydrogens is 336 g/mol. The van der Waals surface area contributed by atoms with Crippen molar-refractivity contribution < 1.29 is 4.79 Å². The van der Waals surface area contributed by atoms with E-state index in [-0.39, 0.29) is 0 Å². The molecule has 27 heavy (non-hydrogen) atoms. The number of nitrogens with one attached hydrogen (secondary N) is 1. The zero-order chi connectivity index (χ0) is 19.4. The number of benzene rings is 2. The SMILES string of the molecule is C=C(c1ccc(C)c(NC(N)=O)c1)N1CCC(c2ccc(C#N)cc2)CC1. The number of anilines is 1. The number of carbonyl (C=O) groups is 1. The van der Waals surface area contributed by atoms with E-state index in [4.69, 9.17) is 11.0 Å². The van der Waals surface area contributed by atoms with Gasteiger partial charge in [-0.1, -0.05) is 30.8 Å². The van der Waals surface area contributed by atoms with Gasteiger partial charge in [0.1, 0.15) is 0 Å². The van der Waals surface area contributed by atoms with Gasteiger partial charge in [0.25, 0.3) is 0 Å². The van der Waals surface area contributed by atoms with E-state index in [0.29, 0.717) is 17.2 Å². The van der Waals surface area contributed by atoms with Gasteiger partial charge in [0.15, 0.2) is 0 Å². The minimum absolute atomic E-state index is 0.506. The third-order valence-corrected chi connectivity index (χ3v) is 5.22. The fourth-order valence-corrected chi connectivity index (χ4v) is 3.56. The average Bonchev–Trinajstić information content (AvgIpc) is 2.69. The lowest BCUT2D eigenvalue weighted by Gasteiger charge is -2.35. The third-order valence-electron chi connectivity index (χ3n) is 5.22. The Balaban J connectivity index is 1.66. The number of hydrogen-bond donors (Lipinski definition) is 2. The van der Waals surface area contributed by atoms with Crippen molar-refractivity contribution in [3.05, 3.63) is 71.3 Å². The Labute approximate surface area is 160 Å². The first-order chi connectivity index (χ1) is 13.0.